The van der Waals surface area contributed by atoms with Crippen molar-refractivity contribution in [2.45, 2.75) is 45.4 Å². The number of H-pyrrole nitrogens is 1. The molecular weight excluding hydrogens is 190 g/mol. The Morgan fingerprint density at radius 1 is 1.40 bits per heavy atom. The second-order valence-electron chi connectivity index (χ2n) is 3.79. The first-order chi connectivity index (χ1) is 7.18. The molecule has 0 bridgehead atoms. The maximum Gasteiger partial charge on any atom is 0.217 e. The van der Waals surface area contributed by atoms with Crippen molar-refractivity contribution in [1.82, 2.24) is 9.97 Å². The molecule has 0 atom stereocenters. The molecule has 1 amide bonds. The van der Waals surface area contributed by atoms with Gasteiger partial charge >= 0.3 is 0 Å². The minimum Gasteiger partial charge on any atom is -0.370 e. The standard InChI is InChI=1S/C11H18N3O/c1-9-13-8-10(14-9)6-4-2-3-5-7-11(12)15/h2-7H2,1H3,(H2,12,15)(H,13,14). The fourth-order valence-electron chi connectivity index (χ4n) is 1.50. The number of amides is 1. The SMILES string of the molecule is Cc1n[c]c(CCCCCCC(N)=O)[nH]1. The molecule has 1 heterocycles. The van der Waals surface area contributed by atoms with Gasteiger partial charge in [-0.3, -0.25) is 4.79 Å². The van der Waals surface area contributed by atoms with E-state index in [-0.39, 0.29) is 5.91 Å². The van der Waals surface area contributed by atoms with Gasteiger partial charge in [-0.05, 0) is 26.2 Å². The van der Waals surface area contributed by atoms with Crippen LogP contribution in [0.2, 0.25) is 0 Å². The van der Waals surface area contributed by atoms with Crippen molar-refractivity contribution >= 4 is 5.91 Å². The van der Waals surface area contributed by atoms with Crippen LogP contribution in [0.15, 0.2) is 0 Å². The summed E-state index contributed by atoms with van der Waals surface area (Å²) in [5, 5.41) is 0. The molecule has 0 aromatic carbocycles. The molecule has 0 saturated heterocycles. The van der Waals surface area contributed by atoms with Gasteiger partial charge < -0.3 is 10.7 Å². The van der Waals surface area contributed by atoms with Crippen LogP contribution in [0.5, 0.6) is 0 Å². The average Bonchev–Trinajstić information content (AvgIpc) is 2.57. The molecule has 0 fully saturated rings. The Bertz CT molecular complexity index is 307. The highest BCUT2D eigenvalue weighted by molar-refractivity contribution is 5.73. The average molecular weight is 208 g/mol. The maximum atomic E-state index is 10.5. The zero-order valence-electron chi connectivity index (χ0n) is 9.18. The number of nitrogens with zero attached hydrogens (tertiary/aromatic N) is 1. The lowest BCUT2D eigenvalue weighted by Gasteiger charge is -1.98. The summed E-state index contributed by atoms with van der Waals surface area (Å²) < 4.78 is 0. The van der Waals surface area contributed by atoms with E-state index in [1.54, 1.807) is 0 Å². The highest BCUT2D eigenvalue weighted by Gasteiger charge is 1.98. The molecule has 4 heteroatoms. The molecule has 1 aromatic heterocycles. The van der Waals surface area contributed by atoms with Crippen LogP contribution in [0, 0.1) is 13.1 Å². The van der Waals surface area contributed by atoms with Crippen LogP contribution in [-0.4, -0.2) is 15.9 Å². The van der Waals surface area contributed by atoms with Crippen LogP contribution in [0.4, 0.5) is 0 Å². The van der Waals surface area contributed by atoms with Crippen LogP contribution in [0.1, 0.15) is 43.6 Å². The van der Waals surface area contributed by atoms with E-state index in [1.165, 1.54) is 0 Å². The van der Waals surface area contributed by atoms with E-state index in [0.29, 0.717) is 6.42 Å². The number of rotatable bonds is 7. The maximum absolute atomic E-state index is 10.5. The molecule has 0 saturated carbocycles. The van der Waals surface area contributed by atoms with Crippen LogP contribution in [-0.2, 0) is 11.2 Å². The van der Waals surface area contributed by atoms with Gasteiger partial charge in [-0.15, -0.1) is 0 Å². The lowest BCUT2D eigenvalue weighted by molar-refractivity contribution is -0.118. The number of aromatic nitrogens is 2. The van der Waals surface area contributed by atoms with Gasteiger partial charge in [-0.1, -0.05) is 12.8 Å². The molecular formula is C11H18N3O. The zero-order valence-corrected chi connectivity index (χ0v) is 9.18. The first-order valence-corrected chi connectivity index (χ1v) is 5.40. The number of carbonyl (C=O) groups excluding carboxylic acids is 1. The van der Waals surface area contributed by atoms with Crippen molar-refractivity contribution in [3.8, 4) is 0 Å². The molecule has 0 aliphatic carbocycles. The van der Waals surface area contributed by atoms with E-state index < -0.39 is 0 Å². The molecule has 15 heavy (non-hydrogen) atoms. The Hall–Kier alpha value is -1.32. The molecule has 1 rings (SSSR count). The van der Waals surface area contributed by atoms with Crippen molar-refractivity contribution in [3.63, 3.8) is 0 Å². The van der Waals surface area contributed by atoms with E-state index in [1.807, 2.05) is 6.92 Å². The lowest BCUT2D eigenvalue weighted by Crippen LogP contribution is -2.09. The summed E-state index contributed by atoms with van der Waals surface area (Å²) in [4.78, 5) is 17.6. The normalized spacial score (nSPS) is 10.5. The van der Waals surface area contributed by atoms with E-state index >= 15 is 0 Å². The molecule has 0 spiro atoms. The van der Waals surface area contributed by atoms with Crippen molar-refractivity contribution in [2.75, 3.05) is 0 Å². The Morgan fingerprint density at radius 3 is 2.73 bits per heavy atom. The molecule has 1 radical (unpaired) electrons. The number of primary amides is 1. The number of nitrogens with two attached hydrogens (primary N) is 1. The van der Waals surface area contributed by atoms with Crippen LogP contribution >= 0.6 is 0 Å². The second-order valence-corrected chi connectivity index (χ2v) is 3.79. The highest BCUT2D eigenvalue weighted by atomic mass is 16.1. The Morgan fingerprint density at radius 2 is 2.13 bits per heavy atom. The molecule has 0 aliphatic heterocycles. The van der Waals surface area contributed by atoms with Crippen LogP contribution in [0.25, 0.3) is 0 Å². The van der Waals surface area contributed by atoms with Crippen molar-refractivity contribution in [3.05, 3.63) is 17.7 Å². The summed E-state index contributed by atoms with van der Waals surface area (Å²) in [6.45, 7) is 1.92. The number of nitrogens with one attached hydrogen (secondary N) is 1. The number of aromatic amines is 1. The van der Waals surface area contributed by atoms with E-state index in [4.69, 9.17) is 5.73 Å². The van der Waals surface area contributed by atoms with Gasteiger partial charge in [-0.2, -0.15) is 0 Å². The Labute approximate surface area is 90.3 Å². The van der Waals surface area contributed by atoms with Crippen molar-refractivity contribution < 1.29 is 4.79 Å². The molecule has 3 N–H and O–H groups in total. The third-order valence-corrected chi connectivity index (χ3v) is 2.29. The van der Waals surface area contributed by atoms with Crippen LogP contribution in [0.3, 0.4) is 0 Å². The third kappa shape index (κ3) is 5.20. The molecule has 0 unspecified atom stereocenters. The molecule has 0 aliphatic rings. The fraction of sp³-hybridized carbons (Fsp3) is 0.636. The summed E-state index contributed by atoms with van der Waals surface area (Å²) in [6.07, 6.45) is 8.63. The molecule has 83 valence electrons. The predicted molar refractivity (Wildman–Crippen MR) is 58.1 cm³/mol. The van der Waals surface area contributed by atoms with E-state index in [9.17, 15) is 4.79 Å². The quantitative estimate of drug-likeness (QED) is 0.666. The van der Waals surface area contributed by atoms with Gasteiger partial charge in [0.1, 0.15) is 12.0 Å². The Kier molecular flexibility index (Phi) is 4.87. The number of imidazole rings is 1. The fourth-order valence-corrected chi connectivity index (χ4v) is 1.50. The topological polar surface area (TPSA) is 71.8 Å². The summed E-state index contributed by atoms with van der Waals surface area (Å²) >= 11 is 0. The second kappa shape index (κ2) is 6.22. The summed E-state index contributed by atoms with van der Waals surface area (Å²) in [5.74, 6) is 0.714. The van der Waals surface area contributed by atoms with E-state index in [2.05, 4.69) is 16.2 Å². The van der Waals surface area contributed by atoms with E-state index in [0.717, 1.165) is 43.6 Å². The minimum absolute atomic E-state index is 0.201. The summed E-state index contributed by atoms with van der Waals surface area (Å²) in [5.41, 5.74) is 6.12. The summed E-state index contributed by atoms with van der Waals surface area (Å²) in [6, 6.07) is 0. The number of hydrogen-bond donors (Lipinski definition) is 2. The van der Waals surface area contributed by atoms with Crippen molar-refractivity contribution in [2.24, 2.45) is 5.73 Å². The minimum atomic E-state index is -0.201. The number of unbranched alkanes of at least 4 members (excludes halogenated alkanes) is 3. The third-order valence-electron chi connectivity index (χ3n) is 2.29. The number of carbonyl (C=O) groups is 1. The van der Waals surface area contributed by atoms with Gasteiger partial charge in [-0.25, -0.2) is 4.98 Å². The summed E-state index contributed by atoms with van der Waals surface area (Å²) in [7, 11) is 0. The monoisotopic (exact) mass is 208 g/mol. The number of hydrogen-bond acceptors (Lipinski definition) is 2. The van der Waals surface area contributed by atoms with Gasteiger partial charge in [0.05, 0.1) is 0 Å². The highest BCUT2D eigenvalue weighted by Crippen LogP contribution is 2.06. The van der Waals surface area contributed by atoms with Gasteiger partial charge in [0.2, 0.25) is 5.91 Å². The Balaban J connectivity index is 2.00. The van der Waals surface area contributed by atoms with Gasteiger partial charge in [0.25, 0.3) is 0 Å². The smallest absolute Gasteiger partial charge is 0.217 e. The first kappa shape index (κ1) is 11.8. The predicted octanol–water partition coefficient (Wildman–Crippen LogP) is 1.50. The van der Waals surface area contributed by atoms with Gasteiger partial charge in [0, 0.05) is 12.1 Å². The van der Waals surface area contributed by atoms with Crippen LogP contribution < -0.4 is 5.73 Å². The molecule has 4 nitrogen and oxygen atoms in total. The van der Waals surface area contributed by atoms with Gasteiger partial charge in [0.15, 0.2) is 0 Å². The zero-order chi connectivity index (χ0) is 11.1. The van der Waals surface area contributed by atoms with Crippen molar-refractivity contribution in [1.29, 1.82) is 0 Å². The molecule has 1 aromatic rings. The first-order valence-electron chi connectivity index (χ1n) is 5.40. The lowest BCUT2D eigenvalue weighted by atomic mass is 10.1. The largest absolute Gasteiger partial charge is 0.370 e. The number of aryl methyl sites for hydroxylation is 2.